The van der Waals surface area contributed by atoms with Crippen molar-refractivity contribution < 1.29 is 9.53 Å². The van der Waals surface area contributed by atoms with Gasteiger partial charge in [-0.3, -0.25) is 4.79 Å². The van der Waals surface area contributed by atoms with E-state index < -0.39 is 6.10 Å². The number of carbonyl (C=O) groups excluding carboxylic acids is 1. The number of ether oxygens (including phenoxy) is 1. The first-order chi connectivity index (χ1) is 8.31. The van der Waals surface area contributed by atoms with Gasteiger partial charge in [0.2, 0.25) is 0 Å². The van der Waals surface area contributed by atoms with Gasteiger partial charge in [-0.25, -0.2) is 0 Å². The van der Waals surface area contributed by atoms with E-state index in [1.807, 2.05) is 6.07 Å². The maximum Gasteiger partial charge on any atom is 0.293 e. The van der Waals surface area contributed by atoms with Crippen molar-refractivity contribution in [2.75, 3.05) is 0 Å². The lowest BCUT2D eigenvalue weighted by Gasteiger charge is -2.15. The summed E-state index contributed by atoms with van der Waals surface area (Å²) in [7, 11) is 0. The van der Waals surface area contributed by atoms with Crippen molar-refractivity contribution in [3.8, 4) is 0 Å². The standard InChI is InChI=1S/C10H9ClN4O2/c11-9-4-2-1-3-8(9)10(17-7-16)5-15-13-6-12-14-15/h1-4,6-7,10H,5H2. The van der Waals surface area contributed by atoms with Crippen LogP contribution in [0, 0.1) is 0 Å². The summed E-state index contributed by atoms with van der Waals surface area (Å²) in [6, 6.07) is 7.13. The van der Waals surface area contributed by atoms with Crippen LogP contribution in [0.4, 0.5) is 0 Å². The Morgan fingerprint density at radius 1 is 1.47 bits per heavy atom. The Bertz CT molecular complexity index is 489. The monoisotopic (exact) mass is 252 g/mol. The second-order valence-electron chi connectivity index (χ2n) is 3.23. The molecule has 0 fully saturated rings. The second kappa shape index (κ2) is 5.40. The Labute approximate surface area is 102 Å². The third kappa shape index (κ3) is 2.79. The highest BCUT2D eigenvalue weighted by atomic mass is 35.5. The molecule has 17 heavy (non-hydrogen) atoms. The van der Waals surface area contributed by atoms with E-state index in [-0.39, 0.29) is 6.54 Å². The smallest absolute Gasteiger partial charge is 0.293 e. The van der Waals surface area contributed by atoms with E-state index in [2.05, 4.69) is 15.4 Å². The molecule has 0 aliphatic rings. The summed E-state index contributed by atoms with van der Waals surface area (Å²) in [5.41, 5.74) is 0.707. The normalized spacial score (nSPS) is 12.1. The second-order valence-corrected chi connectivity index (χ2v) is 3.64. The van der Waals surface area contributed by atoms with Gasteiger partial charge in [-0.1, -0.05) is 29.8 Å². The molecule has 88 valence electrons. The van der Waals surface area contributed by atoms with Gasteiger partial charge in [-0.15, -0.1) is 10.2 Å². The van der Waals surface area contributed by atoms with Gasteiger partial charge in [0.05, 0.1) is 0 Å². The Morgan fingerprint density at radius 2 is 2.29 bits per heavy atom. The molecule has 0 bridgehead atoms. The van der Waals surface area contributed by atoms with Crippen LogP contribution in [0.2, 0.25) is 5.02 Å². The molecule has 7 heteroatoms. The fraction of sp³-hybridized carbons (Fsp3) is 0.200. The maximum atomic E-state index is 10.5. The van der Waals surface area contributed by atoms with E-state index in [0.29, 0.717) is 17.1 Å². The van der Waals surface area contributed by atoms with E-state index in [0.717, 1.165) is 0 Å². The zero-order chi connectivity index (χ0) is 12.1. The van der Waals surface area contributed by atoms with E-state index in [4.69, 9.17) is 16.3 Å². The molecule has 1 atom stereocenters. The van der Waals surface area contributed by atoms with Gasteiger partial charge in [-0.2, -0.15) is 4.80 Å². The molecule has 0 N–H and O–H groups in total. The summed E-state index contributed by atoms with van der Waals surface area (Å²) in [6.45, 7) is 0.646. The first-order valence-corrected chi connectivity index (χ1v) is 5.23. The molecule has 0 saturated carbocycles. The maximum absolute atomic E-state index is 10.5. The fourth-order valence-electron chi connectivity index (χ4n) is 1.44. The highest BCUT2D eigenvalue weighted by Crippen LogP contribution is 2.25. The highest BCUT2D eigenvalue weighted by molar-refractivity contribution is 6.31. The molecule has 0 saturated heterocycles. The molecule has 0 radical (unpaired) electrons. The molecule has 0 amide bonds. The number of benzene rings is 1. The molecule has 0 aliphatic heterocycles. The van der Waals surface area contributed by atoms with Gasteiger partial charge >= 0.3 is 0 Å². The van der Waals surface area contributed by atoms with E-state index in [1.165, 1.54) is 11.1 Å². The van der Waals surface area contributed by atoms with E-state index >= 15 is 0 Å². The van der Waals surface area contributed by atoms with Crippen LogP contribution in [0.15, 0.2) is 30.6 Å². The van der Waals surface area contributed by atoms with Crippen LogP contribution >= 0.6 is 11.6 Å². The summed E-state index contributed by atoms with van der Waals surface area (Å²) < 4.78 is 4.99. The van der Waals surface area contributed by atoms with Gasteiger partial charge in [0.15, 0.2) is 6.33 Å². The van der Waals surface area contributed by atoms with Crippen LogP contribution in [-0.2, 0) is 16.1 Å². The number of aromatic nitrogens is 4. The van der Waals surface area contributed by atoms with E-state index in [1.54, 1.807) is 18.2 Å². The van der Waals surface area contributed by atoms with Crippen molar-refractivity contribution in [3.05, 3.63) is 41.2 Å². The quantitative estimate of drug-likeness (QED) is 0.749. The van der Waals surface area contributed by atoms with Crippen molar-refractivity contribution >= 4 is 18.1 Å². The molecule has 0 spiro atoms. The number of halogens is 1. The third-order valence-corrected chi connectivity index (χ3v) is 2.54. The Hall–Kier alpha value is -1.95. The average Bonchev–Trinajstić information content (AvgIpc) is 2.82. The van der Waals surface area contributed by atoms with Crippen molar-refractivity contribution in [1.82, 2.24) is 20.2 Å². The molecule has 2 aromatic rings. The SMILES string of the molecule is O=COC(Cn1ncnn1)c1ccccc1Cl. The summed E-state index contributed by atoms with van der Waals surface area (Å²) in [5, 5.41) is 11.7. The van der Waals surface area contributed by atoms with Gasteiger partial charge in [0.25, 0.3) is 6.47 Å². The third-order valence-electron chi connectivity index (χ3n) is 2.19. The minimum absolute atomic E-state index is 0.266. The molecular weight excluding hydrogens is 244 g/mol. The first-order valence-electron chi connectivity index (χ1n) is 4.85. The van der Waals surface area contributed by atoms with Gasteiger partial charge in [0.1, 0.15) is 12.6 Å². The van der Waals surface area contributed by atoms with Crippen LogP contribution in [0.3, 0.4) is 0 Å². The Morgan fingerprint density at radius 3 is 2.94 bits per heavy atom. The van der Waals surface area contributed by atoms with Gasteiger partial charge in [-0.05, 0) is 11.3 Å². The van der Waals surface area contributed by atoms with Crippen LogP contribution in [0.1, 0.15) is 11.7 Å². The molecular formula is C10H9ClN4O2. The van der Waals surface area contributed by atoms with Crippen LogP contribution in [0.5, 0.6) is 0 Å². The number of tetrazole rings is 1. The van der Waals surface area contributed by atoms with Crippen molar-refractivity contribution in [1.29, 1.82) is 0 Å². The van der Waals surface area contributed by atoms with Crippen LogP contribution < -0.4 is 0 Å². The Balaban J connectivity index is 2.23. The van der Waals surface area contributed by atoms with Crippen LogP contribution in [0.25, 0.3) is 0 Å². The summed E-state index contributed by atoms with van der Waals surface area (Å²) >= 11 is 6.03. The fourth-order valence-corrected chi connectivity index (χ4v) is 1.70. The molecule has 1 aromatic heterocycles. The minimum Gasteiger partial charge on any atom is -0.458 e. The Kier molecular flexibility index (Phi) is 3.66. The molecule has 1 unspecified atom stereocenters. The average molecular weight is 253 g/mol. The van der Waals surface area contributed by atoms with Crippen molar-refractivity contribution in [2.24, 2.45) is 0 Å². The molecule has 1 heterocycles. The van der Waals surface area contributed by atoms with Gasteiger partial charge < -0.3 is 4.74 Å². The number of carbonyl (C=O) groups is 1. The lowest BCUT2D eigenvalue weighted by Crippen LogP contribution is -2.15. The van der Waals surface area contributed by atoms with Crippen molar-refractivity contribution in [3.63, 3.8) is 0 Å². The summed E-state index contributed by atoms with van der Waals surface area (Å²) in [5.74, 6) is 0. The van der Waals surface area contributed by atoms with E-state index in [9.17, 15) is 4.79 Å². The largest absolute Gasteiger partial charge is 0.458 e. The highest BCUT2D eigenvalue weighted by Gasteiger charge is 2.17. The number of nitrogens with zero attached hydrogens (tertiary/aromatic N) is 4. The predicted molar refractivity (Wildman–Crippen MR) is 59.2 cm³/mol. The lowest BCUT2D eigenvalue weighted by atomic mass is 10.1. The molecule has 1 aromatic carbocycles. The molecule has 2 rings (SSSR count). The number of rotatable bonds is 5. The number of hydrogen-bond donors (Lipinski definition) is 0. The topological polar surface area (TPSA) is 69.9 Å². The number of hydrogen-bond acceptors (Lipinski definition) is 5. The summed E-state index contributed by atoms with van der Waals surface area (Å²) in [4.78, 5) is 11.8. The zero-order valence-electron chi connectivity index (χ0n) is 8.73. The minimum atomic E-state index is -0.532. The predicted octanol–water partition coefficient (Wildman–Crippen LogP) is 1.24. The van der Waals surface area contributed by atoms with Crippen LogP contribution in [-0.4, -0.2) is 26.7 Å². The first kappa shape index (κ1) is 11.5. The molecule has 0 aliphatic carbocycles. The summed E-state index contributed by atoms with van der Waals surface area (Å²) in [6.07, 6.45) is 0.778. The van der Waals surface area contributed by atoms with Gasteiger partial charge in [0, 0.05) is 10.6 Å². The zero-order valence-corrected chi connectivity index (χ0v) is 9.49. The van der Waals surface area contributed by atoms with Crippen molar-refractivity contribution in [2.45, 2.75) is 12.6 Å². The lowest BCUT2D eigenvalue weighted by molar-refractivity contribution is -0.134. The molecule has 6 nitrogen and oxygen atoms in total.